The lowest BCUT2D eigenvalue weighted by Gasteiger charge is -2.70. The molecule has 2 heterocycles. The maximum Gasteiger partial charge on any atom is 0.348 e. The molecule has 5 fully saturated rings. The van der Waals surface area contributed by atoms with Crippen LogP contribution in [0.4, 0.5) is 0 Å². The zero-order chi connectivity index (χ0) is 28.9. The van der Waals surface area contributed by atoms with Crippen molar-refractivity contribution >= 4 is 17.3 Å². The number of aliphatic hydroxyl groups is 1. The number of aliphatic hydroxyl groups excluding tert-OH is 1. The Hall–Kier alpha value is -0.910. The monoisotopic (exact) mass is 570 g/mol. The van der Waals surface area contributed by atoms with Gasteiger partial charge in [-0.1, -0.05) is 40.7 Å². The molecule has 0 amide bonds. The average molecular weight is 571 g/mol. The standard InChI is InChI=1S/C35H54O4S/c1-30(2)15-10-16-35(8,39-30)22-12-18-34(7)28(22)23(36)21-26-32(5)17-14-27(38-29(37)24-11-9-20-40-24)31(3,4)25(32)13-19-33(26,34)6/h9,11,20,22-23,25-28,36H,10,12-19,21H2,1-8H3/t22?,23-,25?,26?,27+,28?,32+,33-,34-,35-/m1/s1. The van der Waals surface area contributed by atoms with Gasteiger partial charge in [-0.05, 0) is 136 Å². The molecule has 10 atom stereocenters. The molecule has 4 nitrogen and oxygen atoms in total. The van der Waals surface area contributed by atoms with Gasteiger partial charge in [0.25, 0.3) is 0 Å². The summed E-state index contributed by atoms with van der Waals surface area (Å²) >= 11 is 1.46. The van der Waals surface area contributed by atoms with Gasteiger partial charge in [0.2, 0.25) is 0 Å². The van der Waals surface area contributed by atoms with Crippen LogP contribution in [0.15, 0.2) is 17.5 Å². The summed E-state index contributed by atoms with van der Waals surface area (Å²) in [7, 11) is 0. The smallest absolute Gasteiger partial charge is 0.348 e. The SMILES string of the molecule is CC1(C)CCC[C@](C)(C2CC[C@]3(C)C2[C@H](O)CC2[C@@]4(C)CC[C@H](OC(=O)c5cccs5)C(C)(C)C4CC[C@]23C)O1. The van der Waals surface area contributed by atoms with Crippen LogP contribution in [-0.4, -0.2) is 34.5 Å². The number of esters is 1. The van der Waals surface area contributed by atoms with Crippen molar-refractivity contribution in [3.8, 4) is 0 Å². The first-order valence-corrected chi connectivity index (χ1v) is 17.1. The van der Waals surface area contributed by atoms with Gasteiger partial charge < -0.3 is 14.6 Å². The number of thiophene rings is 1. The number of hydrogen-bond donors (Lipinski definition) is 1. The average Bonchev–Trinajstić information content (AvgIpc) is 3.51. The van der Waals surface area contributed by atoms with E-state index in [2.05, 4.69) is 55.4 Å². The lowest BCUT2D eigenvalue weighted by atomic mass is 9.35. The van der Waals surface area contributed by atoms with Crippen molar-refractivity contribution in [1.29, 1.82) is 0 Å². The fraction of sp³-hybridized carbons (Fsp3) is 0.857. The molecule has 4 aliphatic carbocycles. The number of ether oxygens (including phenoxy) is 2. The van der Waals surface area contributed by atoms with E-state index >= 15 is 0 Å². The maximum absolute atomic E-state index is 13.0. The summed E-state index contributed by atoms with van der Waals surface area (Å²) in [5, 5.41) is 14.1. The van der Waals surface area contributed by atoms with Crippen molar-refractivity contribution in [2.75, 3.05) is 0 Å². The van der Waals surface area contributed by atoms with E-state index in [4.69, 9.17) is 9.47 Å². The van der Waals surface area contributed by atoms with Gasteiger partial charge in [0.15, 0.2) is 0 Å². The Balaban J connectivity index is 1.28. The van der Waals surface area contributed by atoms with Gasteiger partial charge in [-0.25, -0.2) is 4.79 Å². The molecule has 4 unspecified atom stereocenters. The number of rotatable bonds is 3. The third-order valence-electron chi connectivity index (χ3n) is 14.0. The second kappa shape index (κ2) is 9.29. The highest BCUT2D eigenvalue weighted by molar-refractivity contribution is 7.11. The summed E-state index contributed by atoms with van der Waals surface area (Å²) in [4.78, 5) is 13.7. The Labute approximate surface area is 247 Å². The van der Waals surface area contributed by atoms with E-state index in [9.17, 15) is 9.90 Å². The first-order valence-electron chi connectivity index (χ1n) is 16.2. The van der Waals surface area contributed by atoms with Crippen LogP contribution in [0.3, 0.4) is 0 Å². The Kier molecular flexibility index (Phi) is 6.78. The molecule has 224 valence electrons. The summed E-state index contributed by atoms with van der Waals surface area (Å²) in [5.41, 5.74) is 0.0884. The quantitative estimate of drug-likeness (QED) is 0.370. The van der Waals surface area contributed by atoms with Gasteiger partial charge in [-0.15, -0.1) is 11.3 Å². The van der Waals surface area contributed by atoms with E-state index in [1.165, 1.54) is 43.4 Å². The molecular formula is C35H54O4S. The molecule has 1 aromatic rings. The largest absolute Gasteiger partial charge is 0.458 e. The Morgan fingerprint density at radius 2 is 1.65 bits per heavy atom. The van der Waals surface area contributed by atoms with E-state index in [1.54, 1.807) is 0 Å². The van der Waals surface area contributed by atoms with Crippen LogP contribution in [-0.2, 0) is 9.47 Å². The van der Waals surface area contributed by atoms with Gasteiger partial charge >= 0.3 is 5.97 Å². The Morgan fingerprint density at radius 3 is 2.33 bits per heavy atom. The predicted octanol–water partition coefficient (Wildman–Crippen LogP) is 8.67. The van der Waals surface area contributed by atoms with E-state index in [1.807, 2.05) is 17.5 Å². The number of fused-ring (bicyclic) bond motifs is 5. The maximum atomic E-state index is 13.0. The van der Waals surface area contributed by atoms with Gasteiger partial charge in [-0.3, -0.25) is 0 Å². The third-order valence-corrected chi connectivity index (χ3v) is 14.9. The second-order valence-electron chi connectivity index (χ2n) is 16.7. The van der Waals surface area contributed by atoms with E-state index in [0.29, 0.717) is 28.5 Å². The number of hydrogen-bond acceptors (Lipinski definition) is 5. The summed E-state index contributed by atoms with van der Waals surface area (Å²) in [6, 6.07) is 3.79. The summed E-state index contributed by atoms with van der Waals surface area (Å²) in [5.74, 6) is 1.48. The molecule has 40 heavy (non-hydrogen) atoms. The van der Waals surface area contributed by atoms with Crippen molar-refractivity contribution in [3.05, 3.63) is 22.4 Å². The van der Waals surface area contributed by atoms with Crippen LogP contribution in [0, 0.1) is 45.3 Å². The van der Waals surface area contributed by atoms with Crippen LogP contribution in [0.1, 0.15) is 129 Å². The summed E-state index contributed by atoms with van der Waals surface area (Å²) in [6.45, 7) is 19.3. The van der Waals surface area contributed by atoms with Crippen LogP contribution < -0.4 is 0 Å². The molecule has 1 aromatic heterocycles. The number of carbonyl (C=O) groups excluding carboxylic acids is 1. The Bertz CT molecular complexity index is 1130. The van der Waals surface area contributed by atoms with Crippen LogP contribution in [0.2, 0.25) is 0 Å². The topological polar surface area (TPSA) is 55.8 Å². The fourth-order valence-corrected chi connectivity index (χ4v) is 12.7. The van der Waals surface area contributed by atoms with Crippen LogP contribution >= 0.6 is 11.3 Å². The molecular weight excluding hydrogens is 516 g/mol. The van der Waals surface area contributed by atoms with Crippen molar-refractivity contribution in [3.63, 3.8) is 0 Å². The predicted molar refractivity (Wildman–Crippen MR) is 161 cm³/mol. The van der Waals surface area contributed by atoms with Crippen molar-refractivity contribution in [2.24, 2.45) is 45.3 Å². The van der Waals surface area contributed by atoms with Crippen LogP contribution in [0.25, 0.3) is 0 Å². The molecule has 5 heteroatoms. The first-order chi connectivity index (χ1) is 18.6. The van der Waals surface area contributed by atoms with E-state index in [0.717, 1.165) is 32.1 Å². The molecule has 0 spiro atoms. The molecule has 0 bridgehead atoms. The Morgan fingerprint density at radius 1 is 0.925 bits per heavy atom. The molecule has 0 radical (unpaired) electrons. The first kappa shape index (κ1) is 29.2. The van der Waals surface area contributed by atoms with Gasteiger partial charge in [0.1, 0.15) is 11.0 Å². The second-order valence-corrected chi connectivity index (χ2v) is 17.7. The van der Waals surface area contributed by atoms with Crippen LogP contribution in [0.5, 0.6) is 0 Å². The van der Waals surface area contributed by atoms with Crippen molar-refractivity contribution in [2.45, 2.75) is 143 Å². The number of carbonyl (C=O) groups is 1. The minimum atomic E-state index is -0.283. The highest BCUT2D eigenvalue weighted by Gasteiger charge is 2.72. The normalized spacial score (nSPS) is 49.4. The minimum Gasteiger partial charge on any atom is -0.458 e. The van der Waals surface area contributed by atoms with Gasteiger partial charge in [-0.2, -0.15) is 0 Å². The molecule has 1 N–H and O–H groups in total. The van der Waals surface area contributed by atoms with Gasteiger partial charge in [0.05, 0.1) is 17.3 Å². The summed E-state index contributed by atoms with van der Waals surface area (Å²) < 4.78 is 13.1. The van der Waals surface area contributed by atoms with Gasteiger partial charge in [0, 0.05) is 5.41 Å². The molecule has 4 saturated carbocycles. The fourth-order valence-electron chi connectivity index (χ4n) is 12.1. The lowest BCUT2D eigenvalue weighted by Crippen LogP contribution is -2.67. The minimum absolute atomic E-state index is 0.0657. The molecule has 5 aliphatic rings. The highest BCUT2D eigenvalue weighted by atomic mass is 32.1. The highest BCUT2D eigenvalue weighted by Crippen LogP contribution is 2.76. The van der Waals surface area contributed by atoms with Crippen molar-refractivity contribution < 1.29 is 19.4 Å². The molecule has 1 aliphatic heterocycles. The zero-order valence-corrected chi connectivity index (χ0v) is 27.2. The zero-order valence-electron chi connectivity index (χ0n) is 26.3. The molecule has 6 rings (SSSR count). The van der Waals surface area contributed by atoms with Crippen molar-refractivity contribution in [1.82, 2.24) is 0 Å². The summed E-state index contributed by atoms with van der Waals surface area (Å²) in [6.07, 6.45) is 10.7. The molecule has 1 saturated heterocycles. The molecule has 0 aromatic carbocycles. The van der Waals surface area contributed by atoms with E-state index in [-0.39, 0.29) is 51.0 Å². The lowest BCUT2D eigenvalue weighted by molar-refractivity contribution is -0.257. The van der Waals surface area contributed by atoms with E-state index < -0.39 is 0 Å². The third kappa shape index (κ3) is 4.06.